The van der Waals surface area contributed by atoms with Crippen molar-refractivity contribution in [2.75, 3.05) is 18.4 Å². The van der Waals surface area contributed by atoms with Gasteiger partial charge in [-0.2, -0.15) is 0 Å². The first-order valence-corrected chi connectivity index (χ1v) is 9.04. The molecular weight excluding hydrogens is 347 g/mol. The van der Waals surface area contributed by atoms with E-state index in [-0.39, 0.29) is 17.6 Å². The Morgan fingerprint density at radius 3 is 2.59 bits per heavy atom. The van der Waals surface area contributed by atoms with Crippen LogP contribution in [-0.2, 0) is 11.3 Å². The molecule has 1 aliphatic rings. The van der Waals surface area contributed by atoms with Crippen LogP contribution in [0.25, 0.3) is 0 Å². The summed E-state index contributed by atoms with van der Waals surface area (Å²) in [6, 6.07) is 11.7. The quantitative estimate of drug-likeness (QED) is 0.842. The Morgan fingerprint density at radius 2 is 1.93 bits per heavy atom. The number of amides is 1. The fourth-order valence-corrected chi connectivity index (χ4v) is 3.42. The zero-order valence-electron chi connectivity index (χ0n) is 15.2. The lowest BCUT2D eigenvalue weighted by Gasteiger charge is -2.30. The Labute approximate surface area is 157 Å². The van der Waals surface area contributed by atoms with Crippen molar-refractivity contribution in [3.05, 3.63) is 65.0 Å². The molecule has 0 aliphatic carbocycles. The number of carboxylic acids is 1. The molecule has 0 aromatic heterocycles. The Morgan fingerprint density at radius 1 is 1.19 bits per heavy atom. The molecule has 142 valence electrons. The zero-order valence-corrected chi connectivity index (χ0v) is 15.2. The van der Waals surface area contributed by atoms with Crippen LogP contribution in [0, 0.1) is 18.7 Å². The second kappa shape index (κ2) is 8.31. The Bertz CT molecular complexity index is 845. The summed E-state index contributed by atoms with van der Waals surface area (Å²) in [6.07, 6.45) is 1.32. The molecule has 2 aromatic rings. The van der Waals surface area contributed by atoms with Crippen LogP contribution in [0.2, 0.25) is 0 Å². The number of carbonyl (C=O) groups is 2. The van der Waals surface area contributed by atoms with Gasteiger partial charge in [-0.05, 0) is 74.3 Å². The molecule has 27 heavy (non-hydrogen) atoms. The minimum absolute atomic E-state index is 0.245. The summed E-state index contributed by atoms with van der Waals surface area (Å²) in [5.74, 6) is -1.59. The van der Waals surface area contributed by atoms with E-state index in [0.717, 1.165) is 18.7 Å². The van der Waals surface area contributed by atoms with Crippen molar-refractivity contribution in [2.45, 2.75) is 26.3 Å². The van der Waals surface area contributed by atoms with Crippen molar-refractivity contribution in [2.24, 2.45) is 5.92 Å². The highest BCUT2D eigenvalue weighted by atomic mass is 19.1. The summed E-state index contributed by atoms with van der Waals surface area (Å²) in [6.45, 7) is 3.92. The Kier molecular flexibility index (Phi) is 5.86. The third-order valence-electron chi connectivity index (χ3n) is 4.96. The SMILES string of the molecule is Cc1cc(F)ccc1C(=O)Nc1cccc(CN2CCC(C(=O)O)CC2)c1. The topological polar surface area (TPSA) is 69.6 Å². The van der Waals surface area contributed by atoms with Crippen LogP contribution >= 0.6 is 0 Å². The number of hydrogen-bond acceptors (Lipinski definition) is 3. The lowest BCUT2D eigenvalue weighted by Crippen LogP contribution is -2.35. The second-order valence-electron chi connectivity index (χ2n) is 7.00. The first-order chi connectivity index (χ1) is 12.9. The predicted octanol–water partition coefficient (Wildman–Crippen LogP) is 3.68. The molecule has 1 aliphatic heterocycles. The average Bonchev–Trinajstić information content (AvgIpc) is 2.62. The smallest absolute Gasteiger partial charge is 0.306 e. The van der Waals surface area contributed by atoms with Gasteiger partial charge in [0.1, 0.15) is 5.82 Å². The summed E-state index contributed by atoms with van der Waals surface area (Å²) in [5, 5.41) is 11.9. The maximum absolute atomic E-state index is 13.2. The molecule has 0 atom stereocenters. The molecule has 2 N–H and O–H groups in total. The van der Waals surface area contributed by atoms with Crippen LogP contribution in [0.1, 0.15) is 34.3 Å². The van der Waals surface area contributed by atoms with Crippen molar-refractivity contribution in [1.29, 1.82) is 0 Å². The summed E-state index contributed by atoms with van der Waals surface area (Å²) in [7, 11) is 0. The van der Waals surface area contributed by atoms with Gasteiger partial charge in [-0.3, -0.25) is 14.5 Å². The monoisotopic (exact) mass is 370 g/mol. The van der Waals surface area contributed by atoms with Crippen molar-refractivity contribution >= 4 is 17.6 Å². The van der Waals surface area contributed by atoms with Crippen molar-refractivity contribution in [3.63, 3.8) is 0 Å². The number of likely N-dealkylation sites (tertiary alicyclic amines) is 1. The molecule has 5 nitrogen and oxygen atoms in total. The molecule has 0 radical (unpaired) electrons. The molecule has 1 fully saturated rings. The van der Waals surface area contributed by atoms with E-state index in [1.165, 1.54) is 18.2 Å². The summed E-state index contributed by atoms with van der Waals surface area (Å²) in [5.41, 5.74) is 2.77. The number of hydrogen-bond donors (Lipinski definition) is 2. The number of carbonyl (C=O) groups excluding carboxylic acids is 1. The molecule has 6 heteroatoms. The highest BCUT2D eigenvalue weighted by molar-refractivity contribution is 6.05. The van der Waals surface area contributed by atoms with Gasteiger partial charge >= 0.3 is 5.97 Å². The molecule has 0 saturated carbocycles. The number of nitrogens with one attached hydrogen (secondary N) is 1. The van der Waals surface area contributed by atoms with Gasteiger partial charge in [0.05, 0.1) is 5.92 Å². The van der Waals surface area contributed by atoms with Crippen LogP contribution in [0.5, 0.6) is 0 Å². The van der Waals surface area contributed by atoms with Gasteiger partial charge in [0.2, 0.25) is 0 Å². The van der Waals surface area contributed by atoms with E-state index in [4.69, 9.17) is 5.11 Å². The fraction of sp³-hybridized carbons (Fsp3) is 0.333. The molecule has 1 amide bonds. The number of aliphatic carboxylic acids is 1. The van der Waals surface area contributed by atoms with Crippen LogP contribution < -0.4 is 5.32 Å². The molecule has 1 saturated heterocycles. The maximum Gasteiger partial charge on any atom is 0.306 e. The summed E-state index contributed by atoms with van der Waals surface area (Å²) in [4.78, 5) is 25.7. The van der Waals surface area contributed by atoms with Crippen molar-refractivity contribution in [1.82, 2.24) is 4.90 Å². The number of benzene rings is 2. The number of aryl methyl sites for hydroxylation is 1. The van der Waals surface area contributed by atoms with Gasteiger partial charge in [-0.1, -0.05) is 12.1 Å². The van der Waals surface area contributed by atoms with Gasteiger partial charge in [-0.15, -0.1) is 0 Å². The van der Waals surface area contributed by atoms with Crippen LogP contribution in [0.15, 0.2) is 42.5 Å². The minimum Gasteiger partial charge on any atom is -0.481 e. The van der Waals surface area contributed by atoms with Crippen LogP contribution in [0.3, 0.4) is 0 Å². The van der Waals surface area contributed by atoms with E-state index < -0.39 is 5.97 Å². The van der Waals surface area contributed by atoms with E-state index in [1.807, 2.05) is 24.3 Å². The van der Waals surface area contributed by atoms with E-state index >= 15 is 0 Å². The standard InChI is InChI=1S/C21H23FN2O3/c1-14-11-17(22)5-6-19(14)20(25)23-18-4-2-3-15(12-18)13-24-9-7-16(8-10-24)21(26)27/h2-6,11-12,16H,7-10,13H2,1H3,(H,23,25)(H,26,27). The maximum atomic E-state index is 13.2. The normalized spacial score (nSPS) is 15.5. The largest absolute Gasteiger partial charge is 0.481 e. The third-order valence-corrected chi connectivity index (χ3v) is 4.96. The number of carboxylic acid groups (broad SMARTS) is 1. The number of piperidine rings is 1. The highest BCUT2D eigenvalue weighted by Gasteiger charge is 2.24. The zero-order chi connectivity index (χ0) is 19.4. The van der Waals surface area contributed by atoms with E-state index in [1.54, 1.807) is 6.92 Å². The third kappa shape index (κ3) is 4.92. The summed E-state index contributed by atoms with van der Waals surface area (Å²) < 4.78 is 13.2. The number of nitrogens with zero attached hydrogens (tertiary/aromatic N) is 1. The minimum atomic E-state index is -0.713. The first-order valence-electron chi connectivity index (χ1n) is 9.04. The molecule has 1 heterocycles. The van der Waals surface area contributed by atoms with E-state index in [9.17, 15) is 14.0 Å². The van der Waals surface area contributed by atoms with Crippen molar-refractivity contribution < 1.29 is 19.1 Å². The Balaban J connectivity index is 1.62. The fourth-order valence-electron chi connectivity index (χ4n) is 3.42. The molecule has 0 unspecified atom stereocenters. The number of anilines is 1. The molecule has 3 rings (SSSR count). The van der Waals surface area contributed by atoms with Gasteiger partial charge < -0.3 is 10.4 Å². The van der Waals surface area contributed by atoms with Gasteiger partial charge in [0.25, 0.3) is 5.91 Å². The van der Waals surface area contributed by atoms with Crippen LogP contribution in [0.4, 0.5) is 10.1 Å². The molecule has 0 spiro atoms. The first kappa shape index (κ1) is 19.0. The lowest BCUT2D eigenvalue weighted by atomic mass is 9.97. The molecular formula is C21H23FN2O3. The van der Waals surface area contributed by atoms with Gasteiger partial charge in [0, 0.05) is 17.8 Å². The average molecular weight is 370 g/mol. The molecule has 2 aromatic carbocycles. The molecule has 0 bridgehead atoms. The Hall–Kier alpha value is -2.73. The van der Waals surface area contributed by atoms with E-state index in [0.29, 0.717) is 36.2 Å². The number of rotatable bonds is 5. The highest BCUT2D eigenvalue weighted by Crippen LogP contribution is 2.21. The van der Waals surface area contributed by atoms with Gasteiger partial charge in [0.15, 0.2) is 0 Å². The van der Waals surface area contributed by atoms with Crippen LogP contribution in [-0.4, -0.2) is 35.0 Å². The van der Waals surface area contributed by atoms with E-state index in [2.05, 4.69) is 10.2 Å². The second-order valence-corrected chi connectivity index (χ2v) is 7.00. The lowest BCUT2D eigenvalue weighted by molar-refractivity contribution is -0.143. The van der Waals surface area contributed by atoms with Gasteiger partial charge in [-0.25, -0.2) is 4.39 Å². The number of halogens is 1. The summed E-state index contributed by atoms with van der Waals surface area (Å²) >= 11 is 0. The van der Waals surface area contributed by atoms with Crippen molar-refractivity contribution in [3.8, 4) is 0 Å². The predicted molar refractivity (Wildman–Crippen MR) is 101 cm³/mol.